The summed E-state index contributed by atoms with van der Waals surface area (Å²) in [5.41, 5.74) is 2.12. The number of hydrogen-bond acceptors (Lipinski definition) is 3. The molecule has 1 aliphatic rings. The molecule has 1 saturated heterocycles. The number of furan rings is 1. The monoisotopic (exact) mass is 471 g/mol. The van der Waals surface area contributed by atoms with Gasteiger partial charge in [-0.05, 0) is 33.3 Å². The van der Waals surface area contributed by atoms with Crippen LogP contribution in [0, 0.1) is 12.8 Å². The molecule has 26 heavy (non-hydrogen) atoms. The molecule has 0 spiro atoms. The van der Waals surface area contributed by atoms with Crippen molar-refractivity contribution in [1.82, 2.24) is 10.2 Å². The minimum Gasteiger partial charge on any atom is -0.459 e. The number of halogens is 1. The van der Waals surface area contributed by atoms with Crippen LogP contribution in [-0.2, 0) is 11.3 Å². The van der Waals surface area contributed by atoms with Crippen molar-refractivity contribution in [3.8, 4) is 0 Å². The van der Waals surface area contributed by atoms with Crippen molar-refractivity contribution in [2.45, 2.75) is 33.7 Å². The van der Waals surface area contributed by atoms with Crippen LogP contribution in [0.5, 0.6) is 0 Å². The lowest BCUT2D eigenvalue weighted by Gasteiger charge is -2.21. The fourth-order valence-electron chi connectivity index (χ4n) is 3.39. The number of fused-ring (bicyclic) bond motifs is 1. The number of nitrogens with zero attached hydrogens (tertiary/aromatic N) is 2. The summed E-state index contributed by atoms with van der Waals surface area (Å²) in [6.45, 7) is 11.4. The number of likely N-dealkylation sites (tertiary alicyclic amines) is 1. The Labute approximate surface area is 173 Å². The summed E-state index contributed by atoms with van der Waals surface area (Å²) in [5.74, 6) is 2.51. The van der Waals surface area contributed by atoms with Gasteiger partial charge in [0.15, 0.2) is 5.96 Å². The van der Waals surface area contributed by atoms with Gasteiger partial charge in [0.2, 0.25) is 0 Å². The van der Waals surface area contributed by atoms with Crippen molar-refractivity contribution in [3.05, 3.63) is 35.6 Å². The van der Waals surface area contributed by atoms with Crippen LogP contribution in [0.1, 0.15) is 31.6 Å². The first kappa shape index (κ1) is 21.0. The molecule has 1 fully saturated rings. The number of para-hydroxylation sites is 1. The largest absolute Gasteiger partial charge is 0.459 e. The third kappa shape index (κ3) is 4.91. The molecule has 144 valence electrons. The summed E-state index contributed by atoms with van der Waals surface area (Å²) in [4.78, 5) is 7.17. The molecule has 1 unspecified atom stereocenters. The molecule has 1 aromatic heterocycles. The maximum Gasteiger partial charge on any atom is 0.194 e. The van der Waals surface area contributed by atoms with E-state index in [1.807, 2.05) is 25.1 Å². The van der Waals surface area contributed by atoms with Crippen molar-refractivity contribution >= 4 is 40.9 Å². The molecule has 3 rings (SSSR count). The highest BCUT2D eigenvalue weighted by molar-refractivity contribution is 14.0. The lowest BCUT2D eigenvalue weighted by molar-refractivity contribution is 0.114. The second kappa shape index (κ2) is 10.2. The van der Waals surface area contributed by atoms with E-state index < -0.39 is 0 Å². The zero-order chi connectivity index (χ0) is 17.6. The van der Waals surface area contributed by atoms with Gasteiger partial charge in [-0.25, -0.2) is 4.99 Å². The Kier molecular flexibility index (Phi) is 8.21. The van der Waals surface area contributed by atoms with E-state index in [4.69, 9.17) is 14.1 Å². The normalized spacial score (nSPS) is 17.6. The predicted octanol–water partition coefficient (Wildman–Crippen LogP) is 4.18. The molecule has 0 bridgehead atoms. The topological polar surface area (TPSA) is 50.0 Å². The van der Waals surface area contributed by atoms with Crippen LogP contribution < -0.4 is 5.32 Å². The van der Waals surface area contributed by atoms with Crippen LogP contribution in [0.4, 0.5) is 0 Å². The van der Waals surface area contributed by atoms with Crippen molar-refractivity contribution in [2.75, 3.05) is 32.8 Å². The molecule has 0 amide bonds. The van der Waals surface area contributed by atoms with Crippen molar-refractivity contribution < 1.29 is 9.15 Å². The van der Waals surface area contributed by atoms with E-state index in [-0.39, 0.29) is 24.0 Å². The Balaban J connectivity index is 0.00000243. The lowest BCUT2D eigenvalue weighted by Crippen LogP contribution is -2.40. The molecule has 0 saturated carbocycles. The van der Waals surface area contributed by atoms with Gasteiger partial charge in [-0.1, -0.05) is 18.2 Å². The van der Waals surface area contributed by atoms with Gasteiger partial charge in [-0.3, -0.25) is 0 Å². The molecule has 1 atom stereocenters. The van der Waals surface area contributed by atoms with Crippen LogP contribution in [-0.4, -0.2) is 43.7 Å². The Morgan fingerprint density at radius 2 is 2.15 bits per heavy atom. The van der Waals surface area contributed by atoms with E-state index in [2.05, 4.69) is 30.1 Å². The first-order valence-electron chi connectivity index (χ1n) is 9.30. The van der Waals surface area contributed by atoms with Crippen LogP contribution in [0.25, 0.3) is 11.0 Å². The standard InChI is InChI=1S/C20H29N3O2.HI/c1-4-21-20(23-11-10-16(13-23)14-24-5-2)22-12-19-15(3)17-8-6-7-9-18(17)25-19;/h6-9,16H,4-5,10-14H2,1-3H3,(H,21,22);1H. The first-order valence-corrected chi connectivity index (χ1v) is 9.30. The smallest absolute Gasteiger partial charge is 0.194 e. The van der Waals surface area contributed by atoms with Gasteiger partial charge in [-0.15, -0.1) is 24.0 Å². The fourth-order valence-corrected chi connectivity index (χ4v) is 3.39. The van der Waals surface area contributed by atoms with E-state index in [0.29, 0.717) is 12.5 Å². The number of guanidine groups is 1. The molecule has 0 aliphatic carbocycles. The van der Waals surface area contributed by atoms with Gasteiger partial charge in [0.25, 0.3) is 0 Å². The summed E-state index contributed by atoms with van der Waals surface area (Å²) in [7, 11) is 0. The number of aryl methyl sites for hydroxylation is 1. The van der Waals surface area contributed by atoms with Gasteiger partial charge in [0, 0.05) is 43.1 Å². The van der Waals surface area contributed by atoms with Crippen LogP contribution in [0.2, 0.25) is 0 Å². The first-order chi connectivity index (χ1) is 12.2. The molecule has 1 aromatic carbocycles. The highest BCUT2D eigenvalue weighted by Crippen LogP contribution is 2.25. The van der Waals surface area contributed by atoms with Gasteiger partial charge in [0.1, 0.15) is 17.9 Å². The summed E-state index contributed by atoms with van der Waals surface area (Å²) < 4.78 is 11.6. The average Bonchev–Trinajstić information content (AvgIpc) is 3.22. The molecular formula is C20H30IN3O2. The van der Waals surface area contributed by atoms with E-state index >= 15 is 0 Å². The molecular weight excluding hydrogens is 441 g/mol. The number of nitrogens with one attached hydrogen (secondary N) is 1. The highest BCUT2D eigenvalue weighted by Gasteiger charge is 2.25. The molecule has 6 heteroatoms. The summed E-state index contributed by atoms with van der Waals surface area (Å²) in [5, 5.41) is 4.59. The predicted molar refractivity (Wildman–Crippen MR) is 117 cm³/mol. The van der Waals surface area contributed by atoms with E-state index in [9.17, 15) is 0 Å². The molecule has 2 aromatic rings. The van der Waals surface area contributed by atoms with Crippen LogP contribution >= 0.6 is 24.0 Å². The minimum absolute atomic E-state index is 0. The van der Waals surface area contributed by atoms with E-state index in [1.54, 1.807) is 0 Å². The zero-order valence-corrected chi connectivity index (χ0v) is 18.3. The molecule has 1 N–H and O–H groups in total. The average molecular weight is 471 g/mol. The minimum atomic E-state index is 0. The number of aliphatic imine (C=N–C) groups is 1. The Bertz CT molecular complexity index is 729. The Hall–Kier alpha value is -1.28. The van der Waals surface area contributed by atoms with Gasteiger partial charge < -0.3 is 19.4 Å². The SMILES string of the molecule is CCNC(=NCc1oc2ccccc2c1C)N1CCC(COCC)C1.I. The molecule has 0 radical (unpaired) electrons. The summed E-state index contributed by atoms with van der Waals surface area (Å²) in [6, 6.07) is 8.17. The van der Waals surface area contributed by atoms with Crippen molar-refractivity contribution in [3.63, 3.8) is 0 Å². The molecule has 2 heterocycles. The maximum atomic E-state index is 5.99. The number of rotatable bonds is 6. The Morgan fingerprint density at radius 1 is 1.35 bits per heavy atom. The van der Waals surface area contributed by atoms with Crippen molar-refractivity contribution in [2.24, 2.45) is 10.9 Å². The van der Waals surface area contributed by atoms with Crippen LogP contribution in [0.3, 0.4) is 0 Å². The summed E-state index contributed by atoms with van der Waals surface area (Å²) >= 11 is 0. The van der Waals surface area contributed by atoms with Gasteiger partial charge in [0.05, 0.1) is 6.61 Å². The zero-order valence-electron chi connectivity index (χ0n) is 16.0. The number of ether oxygens (including phenoxy) is 1. The highest BCUT2D eigenvalue weighted by atomic mass is 127. The van der Waals surface area contributed by atoms with E-state index in [0.717, 1.165) is 56.6 Å². The lowest BCUT2D eigenvalue weighted by atomic mass is 10.1. The van der Waals surface area contributed by atoms with Gasteiger partial charge >= 0.3 is 0 Å². The fraction of sp³-hybridized carbons (Fsp3) is 0.550. The third-order valence-corrected chi connectivity index (χ3v) is 4.79. The molecule has 5 nitrogen and oxygen atoms in total. The van der Waals surface area contributed by atoms with Crippen LogP contribution in [0.15, 0.2) is 33.7 Å². The number of benzene rings is 1. The van der Waals surface area contributed by atoms with Crippen molar-refractivity contribution in [1.29, 1.82) is 0 Å². The number of hydrogen-bond donors (Lipinski definition) is 1. The second-order valence-electron chi connectivity index (χ2n) is 6.58. The third-order valence-electron chi connectivity index (χ3n) is 4.79. The summed E-state index contributed by atoms with van der Waals surface area (Å²) in [6.07, 6.45) is 1.16. The Morgan fingerprint density at radius 3 is 2.88 bits per heavy atom. The van der Waals surface area contributed by atoms with Gasteiger partial charge in [-0.2, -0.15) is 0 Å². The van der Waals surface area contributed by atoms with E-state index in [1.165, 1.54) is 10.9 Å². The maximum absolute atomic E-state index is 5.99. The molecule has 1 aliphatic heterocycles. The second-order valence-corrected chi connectivity index (χ2v) is 6.58. The quantitative estimate of drug-likeness (QED) is 0.390.